The molecule has 1 heterocycles. The topological polar surface area (TPSA) is 21.8 Å². The molecule has 1 aliphatic rings. The van der Waals surface area contributed by atoms with E-state index in [4.69, 9.17) is 21.1 Å². The second kappa shape index (κ2) is 4.30. The van der Waals surface area contributed by atoms with Crippen molar-refractivity contribution in [1.29, 1.82) is 0 Å². The van der Waals surface area contributed by atoms with Gasteiger partial charge in [-0.05, 0) is 24.6 Å². The Hall–Kier alpha value is -0.570. The van der Waals surface area contributed by atoms with Gasteiger partial charge in [0.25, 0.3) is 0 Å². The quantitative estimate of drug-likeness (QED) is 0.716. The maximum Gasteiger partial charge on any atom is 0.104 e. The van der Waals surface area contributed by atoms with Crippen LogP contribution in [0.2, 0.25) is 5.02 Å². The minimum absolute atomic E-state index is 0.108. The summed E-state index contributed by atoms with van der Waals surface area (Å²) >= 11 is 5.79. The minimum atomic E-state index is 0.108. The van der Waals surface area contributed by atoms with Gasteiger partial charge >= 0.3 is 0 Å². The van der Waals surface area contributed by atoms with Crippen LogP contribution in [0, 0.1) is 0 Å². The van der Waals surface area contributed by atoms with Crippen molar-refractivity contribution in [3.05, 3.63) is 34.9 Å². The van der Waals surface area contributed by atoms with E-state index in [2.05, 4.69) is 0 Å². The van der Waals surface area contributed by atoms with Gasteiger partial charge in [0.15, 0.2) is 0 Å². The van der Waals surface area contributed by atoms with E-state index in [0.717, 1.165) is 17.2 Å². The molecular formula is C11H13ClO2. The van der Waals surface area contributed by atoms with Crippen LogP contribution in [0.15, 0.2) is 24.3 Å². The minimum Gasteiger partial charge on any atom is -0.371 e. The molecule has 76 valence electrons. The molecule has 2 nitrogen and oxygen atoms in total. The highest BCUT2D eigenvalue weighted by Crippen LogP contribution is 2.21. The average Bonchev–Trinajstić information content (AvgIpc) is 2.99. The fourth-order valence-electron chi connectivity index (χ4n) is 1.25. The summed E-state index contributed by atoms with van der Waals surface area (Å²) in [6, 6.07) is 7.73. The lowest BCUT2D eigenvalue weighted by atomic mass is 10.1. The van der Waals surface area contributed by atoms with Crippen LogP contribution < -0.4 is 0 Å². The van der Waals surface area contributed by atoms with Crippen molar-refractivity contribution in [2.24, 2.45) is 0 Å². The molecule has 2 atom stereocenters. The monoisotopic (exact) mass is 212 g/mol. The van der Waals surface area contributed by atoms with Crippen LogP contribution in [-0.2, 0) is 9.47 Å². The molecule has 0 unspecified atom stereocenters. The molecule has 0 N–H and O–H groups in total. The number of rotatable bonds is 4. The summed E-state index contributed by atoms with van der Waals surface area (Å²) in [6.07, 6.45) is 0.432. The first-order chi connectivity index (χ1) is 6.75. The molecule has 14 heavy (non-hydrogen) atoms. The molecule has 0 bridgehead atoms. The van der Waals surface area contributed by atoms with E-state index in [1.54, 1.807) is 0 Å². The molecular weight excluding hydrogens is 200 g/mol. The molecule has 2 rings (SSSR count). The van der Waals surface area contributed by atoms with Gasteiger partial charge in [-0.2, -0.15) is 0 Å². The van der Waals surface area contributed by atoms with Crippen LogP contribution in [-0.4, -0.2) is 19.3 Å². The van der Waals surface area contributed by atoms with Gasteiger partial charge in [0.1, 0.15) is 6.10 Å². The van der Waals surface area contributed by atoms with E-state index in [9.17, 15) is 0 Å². The molecule has 1 aliphatic heterocycles. The summed E-state index contributed by atoms with van der Waals surface area (Å²) in [5.74, 6) is 0. The predicted molar refractivity (Wildman–Crippen MR) is 55.6 cm³/mol. The Bertz CT molecular complexity index is 293. The lowest BCUT2D eigenvalue weighted by Crippen LogP contribution is -2.05. The zero-order valence-corrected chi connectivity index (χ0v) is 8.83. The van der Waals surface area contributed by atoms with Crippen LogP contribution in [0.1, 0.15) is 18.6 Å². The Morgan fingerprint density at radius 3 is 2.71 bits per heavy atom. The highest BCUT2D eigenvalue weighted by atomic mass is 35.5. The predicted octanol–water partition coefficient (Wildman–Crippen LogP) is 2.82. The van der Waals surface area contributed by atoms with Gasteiger partial charge in [-0.25, -0.2) is 0 Å². The molecule has 0 spiro atoms. The smallest absolute Gasteiger partial charge is 0.104 e. The second-order valence-corrected chi connectivity index (χ2v) is 3.92. The maximum absolute atomic E-state index is 5.79. The normalized spacial score (nSPS) is 22.0. The van der Waals surface area contributed by atoms with Gasteiger partial charge in [0, 0.05) is 5.02 Å². The third kappa shape index (κ3) is 2.71. The van der Waals surface area contributed by atoms with Crippen molar-refractivity contribution in [1.82, 2.24) is 0 Å². The average molecular weight is 213 g/mol. The number of hydrogen-bond acceptors (Lipinski definition) is 2. The first-order valence-electron chi connectivity index (χ1n) is 4.74. The number of benzene rings is 1. The van der Waals surface area contributed by atoms with Gasteiger partial charge in [-0.1, -0.05) is 23.7 Å². The van der Waals surface area contributed by atoms with Crippen LogP contribution >= 0.6 is 11.6 Å². The van der Waals surface area contributed by atoms with Crippen molar-refractivity contribution in [3.63, 3.8) is 0 Å². The molecule has 0 amide bonds. The van der Waals surface area contributed by atoms with E-state index in [-0.39, 0.29) is 6.10 Å². The van der Waals surface area contributed by atoms with Gasteiger partial charge in [-0.3, -0.25) is 0 Å². The molecule has 0 saturated carbocycles. The Morgan fingerprint density at radius 2 is 2.14 bits per heavy atom. The lowest BCUT2D eigenvalue weighted by molar-refractivity contribution is 0.0540. The Balaban J connectivity index is 1.88. The van der Waals surface area contributed by atoms with Crippen molar-refractivity contribution in [3.8, 4) is 0 Å². The van der Waals surface area contributed by atoms with E-state index < -0.39 is 0 Å². The third-order valence-electron chi connectivity index (χ3n) is 2.27. The molecule has 1 aromatic carbocycles. The van der Waals surface area contributed by atoms with Gasteiger partial charge in [-0.15, -0.1) is 0 Å². The Morgan fingerprint density at radius 1 is 1.50 bits per heavy atom. The van der Waals surface area contributed by atoms with E-state index in [1.165, 1.54) is 0 Å². The summed E-state index contributed by atoms with van der Waals surface area (Å²) < 4.78 is 10.7. The van der Waals surface area contributed by atoms with Gasteiger partial charge in [0.05, 0.1) is 19.3 Å². The largest absolute Gasteiger partial charge is 0.371 e. The fraction of sp³-hybridized carbons (Fsp3) is 0.455. The van der Waals surface area contributed by atoms with Crippen LogP contribution in [0.25, 0.3) is 0 Å². The molecule has 1 saturated heterocycles. The lowest BCUT2D eigenvalue weighted by Gasteiger charge is -2.12. The number of epoxide rings is 1. The standard InChI is InChI=1S/C11H13ClO2/c1-8(13-6-11-7-14-11)9-2-4-10(12)5-3-9/h2-5,8,11H,6-7H2,1H3/t8-,11+/m0/s1. The summed E-state index contributed by atoms with van der Waals surface area (Å²) in [7, 11) is 0. The van der Waals surface area contributed by atoms with Crippen LogP contribution in [0.5, 0.6) is 0 Å². The summed E-state index contributed by atoms with van der Waals surface area (Å²) in [4.78, 5) is 0. The van der Waals surface area contributed by atoms with E-state index in [0.29, 0.717) is 12.7 Å². The molecule has 0 radical (unpaired) electrons. The highest BCUT2D eigenvalue weighted by Gasteiger charge is 2.23. The van der Waals surface area contributed by atoms with Gasteiger partial charge < -0.3 is 9.47 Å². The van der Waals surface area contributed by atoms with Crippen molar-refractivity contribution in [2.45, 2.75) is 19.1 Å². The zero-order valence-electron chi connectivity index (χ0n) is 8.07. The second-order valence-electron chi connectivity index (χ2n) is 3.48. The maximum atomic E-state index is 5.79. The summed E-state index contributed by atoms with van der Waals surface area (Å²) in [5.41, 5.74) is 1.15. The van der Waals surface area contributed by atoms with Crippen LogP contribution in [0.4, 0.5) is 0 Å². The summed E-state index contributed by atoms with van der Waals surface area (Å²) in [5, 5.41) is 0.756. The molecule has 3 heteroatoms. The molecule has 1 aromatic rings. The summed E-state index contributed by atoms with van der Waals surface area (Å²) in [6.45, 7) is 3.56. The van der Waals surface area contributed by atoms with Crippen molar-refractivity contribution in [2.75, 3.05) is 13.2 Å². The molecule has 0 aromatic heterocycles. The number of hydrogen-bond donors (Lipinski definition) is 0. The van der Waals surface area contributed by atoms with E-state index in [1.807, 2.05) is 31.2 Å². The van der Waals surface area contributed by atoms with E-state index >= 15 is 0 Å². The first-order valence-corrected chi connectivity index (χ1v) is 5.12. The van der Waals surface area contributed by atoms with Crippen molar-refractivity contribution >= 4 is 11.6 Å². The number of halogens is 1. The fourth-order valence-corrected chi connectivity index (χ4v) is 1.37. The van der Waals surface area contributed by atoms with Crippen molar-refractivity contribution < 1.29 is 9.47 Å². The molecule has 1 fully saturated rings. The first kappa shape index (κ1) is 9.97. The molecule has 0 aliphatic carbocycles. The Kier molecular flexibility index (Phi) is 3.06. The zero-order chi connectivity index (χ0) is 9.97. The Labute approximate surface area is 88.8 Å². The number of ether oxygens (including phenoxy) is 2. The van der Waals surface area contributed by atoms with Gasteiger partial charge in [0.2, 0.25) is 0 Å². The SMILES string of the molecule is C[C@H](OC[C@@H]1CO1)c1ccc(Cl)cc1. The highest BCUT2D eigenvalue weighted by molar-refractivity contribution is 6.30. The van der Waals surface area contributed by atoms with Crippen LogP contribution in [0.3, 0.4) is 0 Å². The third-order valence-corrected chi connectivity index (χ3v) is 2.53.